The van der Waals surface area contributed by atoms with Crippen LogP contribution in [0.5, 0.6) is 5.75 Å². The molecule has 0 aliphatic rings. The van der Waals surface area contributed by atoms with Gasteiger partial charge in [-0.15, -0.1) is 0 Å². The highest BCUT2D eigenvalue weighted by molar-refractivity contribution is 5.94. The zero-order valence-corrected chi connectivity index (χ0v) is 7.59. The van der Waals surface area contributed by atoms with Gasteiger partial charge in [0.25, 0.3) is 5.91 Å². The van der Waals surface area contributed by atoms with Crippen LogP contribution in [-0.4, -0.2) is 11.0 Å². The normalized spacial score (nSPS) is 9.77. The molecule has 4 nitrogen and oxygen atoms in total. The van der Waals surface area contributed by atoms with Crippen LogP contribution in [0.3, 0.4) is 0 Å². The zero-order chi connectivity index (χ0) is 10.0. The molecule has 0 unspecified atom stereocenters. The molecule has 0 atom stereocenters. The molecule has 0 aromatic heterocycles. The average Bonchev–Trinajstić information content (AvgIpc) is 2.12. The van der Waals surface area contributed by atoms with Gasteiger partial charge in [-0.05, 0) is 37.1 Å². The van der Waals surface area contributed by atoms with Crippen molar-refractivity contribution in [3.8, 4) is 5.75 Å². The maximum absolute atomic E-state index is 11.1. The highest BCUT2D eigenvalue weighted by Crippen LogP contribution is 2.22. The van der Waals surface area contributed by atoms with Gasteiger partial charge >= 0.3 is 0 Å². The fourth-order valence-corrected chi connectivity index (χ4v) is 1.17. The lowest BCUT2D eigenvalue weighted by Gasteiger charge is -2.06. The van der Waals surface area contributed by atoms with Crippen molar-refractivity contribution in [2.45, 2.75) is 13.8 Å². The number of aryl methyl sites for hydroxylation is 2. The number of benzene rings is 1. The van der Waals surface area contributed by atoms with E-state index in [1.54, 1.807) is 26.0 Å². The summed E-state index contributed by atoms with van der Waals surface area (Å²) < 4.78 is 0. The molecule has 0 bridgehead atoms. The van der Waals surface area contributed by atoms with Crippen molar-refractivity contribution in [1.82, 2.24) is 5.43 Å². The number of hydrazine groups is 1. The number of hydrogen-bond donors (Lipinski definition) is 3. The van der Waals surface area contributed by atoms with Crippen molar-refractivity contribution in [3.05, 3.63) is 28.8 Å². The monoisotopic (exact) mass is 180 g/mol. The molecule has 0 spiro atoms. The lowest BCUT2D eigenvalue weighted by Crippen LogP contribution is -2.30. The van der Waals surface area contributed by atoms with Gasteiger partial charge in [-0.3, -0.25) is 10.2 Å². The van der Waals surface area contributed by atoms with Gasteiger partial charge in [0, 0.05) is 5.56 Å². The van der Waals surface area contributed by atoms with Crippen LogP contribution in [0.2, 0.25) is 0 Å². The smallest absolute Gasteiger partial charge is 0.265 e. The number of phenolic OH excluding ortho intramolecular Hbond substituents is 1. The van der Waals surface area contributed by atoms with Crippen LogP contribution in [0.1, 0.15) is 21.5 Å². The van der Waals surface area contributed by atoms with E-state index >= 15 is 0 Å². The number of amides is 1. The Morgan fingerprint density at radius 1 is 1.38 bits per heavy atom. The van der Waals surface area contributed by atoms with Crippen molar-refractivity contribution in [2.75, 3.05) is 0 Å². The van der Waals surface area contributed by atoms with E-state index in [2.05, 4.69) is 0 Å². The van der Waals surface area contributed by atoms with Crippen molar-refractivity contribution < 1.29 is 9.90 Å². The quantitative estimate of drug-likeness (QED) is 0.337. The van der Waals surface area contributed by atoms with Gasteiger partial charge in [0.15, 0.2) is 0 Å². The molecule has 4 heteroatoms. The maximum atomic E-state index is 11.1. The van der Waals surface area contributed by atoms with E-state index in [1.807, 2.05) is 5.43 Å². The first kappa shape index (κ1) is 9.54. The lowest BCUT2D eigenvalue weighted by atomic mass is 10.1. The lowest BCUT2D eigenvalue weighted by molar-refractivity contribution is 0.0953. The number of nitrogen functional groups attached to an aromatic ring is 1. The largest absolute Gasteiger partial charge is 0.507 e. The van der Waals surface area contributed by atoms with Crippen molar-refractivity contribution in [1.29, 1.82) is 0 Å². The summed E-state index contributed by atoms with van der Waals surface area (Å²) in [6.07, 6.45) is 0. The Balaban J connectivity index is 3.20. The molecule has 13 heavy (non-hydrogen) atoms. The highest BCUT2D eigenvalue weighted by atomic mass is 16.3. The van der Waals surface area contributed by atoms with E-state index in [1.165, 1.54) is 0 Å². The first-order valence-electron chi connectivity index (χ1n) is 3.87. The number of phenols is 1. The number of carbonyl (C=O) groups is 1. The maximum Gasteiger partial charge on any atom is 0.265 e. The Morgan fingerprint density at radius 2 is 1.85 bits per heavy atom. The Kier molecular flexibility index (Phi) is 2.53. The molecular weight excluding hydrogens is 168 g/mol. The summed E-state index contributed by atoms with van der Waals surface area (Å²) in [5.41, 5.74) is 3.82. The van der Waals surface area contributed by atoms with Crippen molar-refractivity contribution in [2.24, 2.45) is 5.84 Å². The molecular formula is C9H12N2O2. The van der Waals surface area contributed by atoms with Crippen LogP contribution < -0.4 is 11.3 Å². The van der Waals surface area contributed by atoms with Gasteiger partial charge in [0.2, 0.25) is 0 Å². The van der Waals surface area contributed by atoms with Crippen molar-refractivity contribution >= 4 is 5.91 Å². The molecule has 70 valence electrons. The van der Waals surface area contributed by atoms with Crippen LogP contribution in [0.15, 0.2) is 12.1 Å². The summed E-state index contributed by atoms with van der Waals surface area (Å²) in [4.78, 5) is 11.1. The Hall–Kier alpha value is -1.55. The number of nitrogens with one attached hydrogen (secondary N) is 1. The molecule has 0 aliphatic heterocycles. The molecule has 1 aromatic carbocycles. The predicted molar refractivity (Wildman–Crippen MR) is 49.2 cm³/mol. The second-order valence-electron chi connectivity index (χ2n) is 2.93. The standard InChI is InChI=1S/C9H12N2O2/c1-5-3-7(9(13)11-10)4-6(2)8(5)12/h3-4,12H,10H2,1-2H3,(H,11,13). The predicted octanol–water partition coefficient (Wildman–Crippen LogP) is 0.613. The number of carbonyl (C=O) groups excluding carboxylic acids is 1. The van der Waals surface area contributed by atoms with Gasteiger partial charge in [0.05, 0.1) is 0 Å². The van der Waals surface area contributed by atoms with Crippen molar-refractivity contribution in [3.63, 3.8) is 0 Å². The van der Waals surface area contributed by atoms with E-state index < -0.39 is 0 Å². The first-order valence-corrected chi connectivity index (χ1v) is 3.87. The van der Waals surface area contributed by atoms with Gasteiger partial charge in [-0.25, -0.2) is 5.84 Å². The first-order chi connectivity index (χ1) is 6.06. The van der Waals surface area contributed by atoms with E-state index in [4.69, 9.17) is 5.84 Å². The Labute approximate surface area is 76.3 Å². The summed E-state index contributed by atoms with van der Waals surface area (Å²) in [6, 6.07) is 3.18. The minimum atomic E-state index is -0.355. The zero-order valence-electron chi connectivity index (χ0n) is 7.59. The molecule has 0 saturated carbocycles. The topological polar surface area (TPSA) is 75.4 Å². The van der Waals surface area contributed by atoms with Crippen LogP contribution in [0.4, 0.5) is 0 Å². The minimum Gasteiger partial charge on any atom is -0.507 e. The van der Waals surface area contributed by atoms with E-state index in [0.717, 1.165) is 0 Å². The third kappa shape index (κ3) is 1.78. The Morgan fingerprint density at radius 3 is 2.23 bits per heavy atom. The molecule has 0 heterocycles. The SMILES string of the molecule is Cc1cc(C(=O)NN)cc(C)c1O. The molecule has 1 amide bonds. The average molecular weight is 180 g/mol. The molecule has 0 fully saturated rings. The van der Waals surface area contributed by atoms with Crippen LogP contribution >= 0.6 is 0 Å². The second-order valence-corrected chi connectivity index (χ2v) is 2.93. The summed E-state index contributed by atoms with van der Waals surface area (Å²) in [5.74, 6) is 4.84. The fraction of sp³-hybridized carbons (Fsp3) is 0.222. The van der Waals surface area contributed by atoms with Gasteiger partial charge in [-0.1, -0.05) is 0 Å². The molecule has 0 radical (unpaired) electrons. The van der Waals surface area contributed by atoms with Gasteiger partial charge in [0.1, 0.15) is 5.75 Å². The Bertz CT molecular complexity index is 324. The van der Waals surface area contributed by atoms with E-state index in [9.17, 15) is 9.90 Å². The van der Waals surface area contributed by atoms with Crippen LogP contribution in [0, 0.1) is 13.8 Å². The number of aromatic hydroxyl groups is 1. The summed E-state index contributed by atoms with van der Waals surface area (Å²) in [7, 11) is 0. The van der Waals surface area contributed by atoms with E-state index in [0.29, 0.717) is 16.7 Å². The second kappa shape index (κ2) is 3.45. The van der Waals surface area contributed by atoms with Gasteiger partial charge < -0.3 is 5.11 Å². The number of rotatable bonds is 1. The number of hydrogen-bond acceptors (Lipinski definition) is 3. The van der Waals surface area contributed by atoms with Crippen LogP contribution in [-0.2, 0) is 0 Å². The molecule has 4 N–H and O–H groups in total. The highest BCUT2D eigenvalue weighted by Gasteiger charge is 2.08. The minimum absolute atomic E-state index is 0.216. The molecule has 1 aromatic rings. The van der Waals surface area contributed by atoms with Crippen LogP contribution in [0.25, 0.3) is 0 Å². The third-order valence-electron chi connectivity index (χ3n) is 1.88. The summed E-state index contributed by atoms with van der Waals surface area (Å²) >= 11 is 0. The van der Waals surface area contributed by atoms with E-state index in [-0.39, 0.29) is 11.7 Å². The van der Waals surface area contributed by atoms with Gasteiger partial charge in [-0.2, -0.15) is 0 Å². The number of nitrogens with two attached hydrogens (primary N) is 1. The summed E-state index contributed by atoms with van der Waals surface area (Å²) in [5, 5.41) is 9.42. The molecule has 0 aliphatic carbocycles. The molecule has 0 saturated heterocycles. The third-order valence-corrected chi connectivity index (χ3v) is 1.88. The molecule has 1 rings (SSSR count). The fourth-order valence-electron chi connectivity index (χ4n) is 1.17. The summed E-state index contributed by atoms with van der Waals surface area (Å²) in [6.45, 7) is 3.46.